The Balaban J connectivity index is 3.42. The molecular weight excluding hydrogens is 405 g/mol. The molecule has 0 aromatic carbocycles. The molecule has 2 unspecified atom stereocenters. The zero-order valence-electron chi connectivity index (χ0n) is 16.8. The third kappa shape index (κ3) is 6.66. The van der Waals surface area contributed by atoms with Crippen LogP contribution in [0.15, 0.2) is 49.3 Å². The van der Waals surface area contributed by atoms with Crippen LogP contribution in [0.4, 0.5) is 0 Å². The molecule has 1 rings (SSSR count). The van der Waals surface area contributed by atoms with Gasteiger partial charge in [-0.1, -0.05) is 25.4 Å². The van der Waals surface area contributed by atoms with Gasteiger partial charge in [-0.25, -0.2) is 0 Å². The fraction of sp³-hybridized carbons (Fsp3) is 0.467. The normalized spacial score (nSPS) is 37.7. The van der Waals surface area contributed by atoms with Crippen LogP contribution in [0.5, 0.6) is 0 Å². The van der Waals surface area contributed by atoms with E-state index in [1.165, 1.54) is 0 Å². The van der Waals surface area contributed by atoms with E-state index in [1.54, 1.807) is 46.1 Å². The van der Waals surface area contributed by atoms with Crippen LogP contribution < -0.4 is 0 Å². The van der Waals surface area contributed by atoms with Gasteiger partial charge in [0.05, 0.1) is 17.3 Å². The molecule has 1 heterocycles. The summed E-state index contributed by atoms with van der Waals surface area (Å²) in [6, 6.07) is 0. The fourth-order valence-corrected chi connectivity index (χ4v) is 19.7. The van der Waals surface area contributed by atoms with Gasteiger partial charge >= 0.3 is 35.0 Å². The quantitative estimate of drug-likeness (QED) is 0.439. The lowest BCUT2D eigenvalue weighted by atomic mass is 10.7. The molecule has 2 atom stereocenters. The van der Waals surface area contributed by atoms with Gasteiger partial charge in [0.15, 0.2) is 0 Å². The van der Waals surface area contributed by atoms with E-state index in [0.29, 0.717) is 17.3 Å². The van der Waals surface area contributed by atoms with Crippen LogP contribution in [-0.2, 0) is 29.7 Å². The summed E-state index contributed by atoms with van der Waals surface area (Å²) in [5.41, 5.74) is 1.64. The smallest absolute Gasteiger partial charge is 0.506 e. The molecule has 7 nitrogen and oxygen atoms in total. The van der Waals surface area contributed by atoms with Crippen molar-refractivity contribution >= 4 is 35.0 Å². The predicted molar refractivity (Wildman–Crippen MR) is 109 cm³/mol. The maximum absolute atomic E-state index is 6.28. The third-order valence-corrected chi connectivity index (χ3v) is 18.0. The highest BCUT2D eigenvalue weighted by atomic mass is 28.5. The minimum atomic E-state index is -3.33. The van der Waals surface area contributed by atoms with Crippen molar-refractivity contribution in [1.82, 2.24) is 0 Å². The van der Waals surface area contributed by atoms with Gasteiger partial charge in [0.25, 0.3) is 0 Å². The molecule has 0 bridgehead atoms. The van der Waals surface area contributed by atoms with Gasteiger partial charge in [0.1, 0.15) is 0 Å². The first-order chi connectivity index (χ1) is 11.6. The summed E-state index contributed by atoms with van der Waals surface area (Å²) < 4.78 is 42.6. The van der Waals surface area contributed by atoms with Crippen LogP contribution in [0, 0.1) is 0 Å². The molecule has 0 radical (unpaired) electrons. The molecule has 0 aromatic rings. The van der Waals surface area contributed by atoms with E-state index in [4.69, 9.17) is 29.7 Å². The number of rotatable bonds is 7. The topological polar surface area (TPSA) is 64.6 Å². The van der Waals surface area contributed by atoms with Gasteiger partial charge in [-0.3, -0.25) is 0 Å². The van der Waals surface area contributed by atoms with Crippen LogP contribution in [0.1, 0.15) is 20.8 Å². The van der Waals surface area contributed by atoms with Crippen molar-refractivity contribution in [3.63, 3.8) is 0 Å². The molecule has 1 aliphatic heterocycles. The second-order valence-electron chi connectivity index (χ2n) is 6.63. The summed E-state index contributed by atoms with van der Waals surface area (Å²) in [4.78, 5) is 0. The van der Waals surface area contributed by atoms with Crippen molar-refractivity contribution in [2.45, 2.75) is 47.0 Å². The molecule has 1 fully saturated rings. The maximum atomic E-state index is 6.28. The molecule has 0 spiro atoms. The fourth-order valence-electron chi connectivity index (χ4n) is 2.65. The zero-order chi connectivity index (χ0) is 20.4. The summed E-state index contributed by atoms with van der Waals surface area (Å²) in [7, 11) is -12.8. The van der Waals surface area contributed by atoms with Crippen molar-refractivity contribution in [2.24, 2.45) is 0 Å². The van der Waals surface area contributed by atoms with Crippen molar-refractivity contribution in [2.75, 3.05) is 0 Å². The van der Waals surface area contributed by atoms with Gasteiger partial charge in [0, 0.05) is 19.6 Å². The molecule has 0 aliphatic carbocycles. The number of allylic oxidation sites excluding steroid dienone is 3. The van der Waals surface area contributed by atoms with Crippen LogP contribution in [0.2, 0.25) is 26.2 Å². The second-order valence-corrected chi connectivity index (χ2v) is 18.1. The molecule has 0 amide bonds. The zero-order valence-corrected chi connectivity index (χ0v) is 20.8. The minimum Gasteiger partial charge on any atom is -0.506 e. The van der Waals surface area contributed by atoms with E-state index in [-0.39, 0.29) is 0 Å². The Labute approximate surface area is 161 Å². The molecule has 1 aliphatic rings. The Morgan fingerprint density at radius 1 is 0.654 bits per heavy atom. The Hall–Kier alpha value is -0.932. The Morgan fingerprint density at radius 2 is 0.923 bits per heavy atom. The molecule has 11 heteroatoms. The maximum Gasteiger partial charge on any atom is 0.549 e. The first-order valence-corrected chi connectivity index (χ1v) is 17.2. The van der Waals surface area contributed by atoms with Gasteiger partial charge in [-0.15, -0.1) is 6.58 Å². The summed E-state index contributed by atoms with van der Waals surface area (Å²) in [6.07, 6.45) is 0. The highest BCUT2D eigenvalue weighted by molar-refractivity contribution is 6.91. The molecule has 148 valence electrons. The third-order valence-electron chi connectivity index (χ3n) is 2.97. The predicted octanol–water partition coefficient (Wildman–Crippen LogP) is 4.22. The first kappa shape index (κ1) is 23.1. The lowest BCUT2D eigenvalue weighted by Gasteiger charge is -2.46. The SMILES string of the molecule is C=C[Si]1(C)O[Si](C)(OC(=C)C)O[Si](C)(OC(=C)C)O[Si](C)(OC(=C)C)O1. The second kappa shape index (κ2) is 7.98. The molecule has 0 aromatic heterocycles. The first-order valence-electron chi connectivity index (χ1n) is 8.12. The van der Waals surface area contributed by atoms with Crippen LogP contribution in [0.25, 0.3) is 0 Å². The van der Waals surface area contributed by atoms with E-state index in [1.807, 2.05) is 6.55 Å². The molecular formula is C15H30O7Si4. The van der Waals surface area contributed by atoms with Crippen molar-refractivity contribution < 1.29 is 29.7 Å². The van der Waals surface area contributed by atoms with Crippen molar-refractivity contribution in [3.8, 4) is 0 Å². The summed E-state index contributed by atoms with van der Waals surface area (Å²) >= 11 is 0. The monoisotopic (exact) mass is 434 g/mol. The van der Waals surface area contributed by atoms with E-state index >= 15 is 0 Å². The van der Waals surface area contributed by atoms with Crippen LogP contribution in [-0.4, -0.2) is 35.0 Å². The average Bonchev–Trinajstić information content (AvgIpc) is 2.31. The molecule has 1 saturated heterocycles. The van der Waals surface area contributed by atoms with Crippen LogP contribution in [0.3, 0.4) is 0 Å². The van der Waals surface area contributed by atoms with E-state index in [0.717, 1.165) is 0 Å². The van der Waals surface area contributed by atoms with Gasteiger partial charge in [0.2, 0.25) is 0 Å². The largest absolute Gasteiger partial charge is 0.549 e. The number of hydrogen-bond acceptors (Lipinski definition) is 7. The van der Waals surface area contributed by atoms with Crippen molar-refractivity contribution in [1.29, 1.82) is 0 Å². The van der Waals surface area contributed by atoms with Crippen molar-refractivity contribution in [3.05, 3.63) is 49.3 Å². The standard InChI is InChI=1S/C15H30O7Si4/c1-12-23(8)19-24(9,16-13(2)3)21-26(11,18-15(6)7)22-25(10,20-23)17-14(4)5/h12H,1-2,4,6H2,3,5,7-11H3. The summed E-state index contributed by atoms with van der Waals surface area (Å²) in [5.74, 6) is 1.37. The van der Waals surface area contributed by atoms with Crippen LogP contribution >= 0.6 is 0 Å². The highest BCUT2D eigenvalue weighted by Gasteiger charge is 2.63. The Bertz CT molecular complexity index is 577. The lowest BCUT2D eigenvalue weighted by molar-refractivity contribution is 0.0845. The molecule has 26 heavy (non-hydrogen) atoms. The number of hydrogen-bond donors (Lipinski definition) is 0. The van der Waals surface area contributed by atoms with Gasteiger partial charge in [-0.2, -0.15) is 0 Å². The minimum absolute atomic E-state index is 0.446. The Morgan fingerprint density at radius 3 is 1.15 bits per heavy atom. The van der Waals surface area contributed by atoms with Gasteiger partial charge in [-0.05, 0) is 27.3 Å². The summed E-state index contributed by atoms with van der Waals surface area (Å²) in [6.45, 7) is 27.4. The molecule has 0 N–H and O–H groups in total. The average molecular weight is 435 g/mol. The van der Waals surface area contributed by atoms with Gasteiger partial charge < -0.3 is 29.7 Å². The molecule has 0 saturated carbocycles. The highest BCUT2D eigenvalue weighted by Crippen LogP contribution is 2.34. The Kier molecular flexibility index (Phi) is 7.09. The van der Waals surface area contributed by atoms with E-state index in [2.05, 4.69) is 26.3 Å². The van der Waals surface area contributed by atoms with E-state index < -0.39 is 35.0 Å². The summed E-state index contributed by atoms with van der Waals surface area (Å²) in [5, 5.41) is 0. The van der Waals surface area contributed by atoms with E-state index in [9.17, 15) is 0 Å². The lowest BCUT2D eigenvalue weighted by Crippen LogP contribution is -2.69.